The molecule has 0 amide bonds. The van der Waals surface area contributed by atoms with E-state index < -0.39 is 29.3 Å². The number of aliphatic hydroxyl groups is 3. The average Bonchev–Trinajstić information content (AvgIpc) is 2.68. The third-order valence-electron chi connectivity index (χ3n) is 4.34. The molecule has 0 aliphatic carbocycles. The Hall–Kier alpha value is -1.78. The third-order valence-corrected chi connectivity index (χ3v) is 6.22. The normalized spacial score (nSPS) is 26.4. The minimum atomic E-state index is -1.03. The fraction of sp³-hybridized carbons (Fsp3) is 0.333. The van der Waals surface area contributed by atoms with E-state index in [0.717, 1.165) is 0 Å². The molecule has 1 fully saturated rings. The van der Waals surface area contributed by atoms with Crippen LogP contribution in [0.25, 0.3) is 0 Å². The molecule has 2 aromatic rings. The van der Waals surface area contributed by atoms with Gasteiger partial charge in [-0.1, -0.05) is 12.1 Å². The highest BCUT2D eigenvalue weighted by Crippen LogP contribution is 2.32. The van der Waals surface area contributed by atoms with Gasteiger partial charge in [-0.3, -0.25) is 10.1 Å². The maximum Gasteiger partial charge on any atom is 0.269 e. The zero-order chi connectivity index (χ0) is 19.6. The van der Waals surface area contributed by atoms with Crippen molar-refractivity contribution in [2.24, 2.45) is 0 Å². The molecule has 0 spiro atoms. The number of thioether (sulfide) groups is 1. The molecule has 7 nitrogen and oxygen atoms in total. The maximum atomic E-state index is 10.7. The summed E-state index contributed by atoms with van der Waals surface area (Å²) in [7, 11) is 0. The highest BCUT2D eigenvalue weighted by Gasteiger charge is 2.38. The first-order chi connectivity index (χ1) is 12.9. The lowest BCUT2D eigenvalue weighted by Gasteiger charge is -2.35. The second-order valence-electron chi connectivity index (χ2n) is 6.18. The van der Waals surface area contributed by atoms with E-state index >= 15 is 0 Å². The molecule has 1 heterocycles. The second kappa shape index (κ2) is 8.49. The number of aliphatic hydroxyl groups excluding tert-OH is 3. The zero-order valence-electron chi connectivity index (χ0n) is 14.1. The summed E-state index contributed by atoms with van der Waals surface area (Å²) in [6.45, 7) is 0. The van der Waals surface area contributed by atoms with Crippen molar-refractivity contribution in [3.8, 4) is 5.75 Å². The van der Waals surface area contributed by atoms with E-state index in [1.165, 1.54) is 36.0 Å². The van der Waals surface area contributed by atoms with Crippen LogP contribution in [0, 0.1) is 10.1 Å². The molecule has 1 saturated heterocycles. The number of non-ortho nitro benzene ring substituents is 1. The smallest absolute Gasteiger partial charge is 0.269 e. The largest absolute Gasteiger partial charge is 0.486 e. The van der Waals surface area contributed by atoms with E-state index in [9.17, 15) is 25.4 Å². The average molecular weight is 409 g/mol. The van der Waals surface area contributed by atoms with Crippen LogP contribution < -0.4 is 4.74 Å². The summed E-state index contributed by atoms with van der Waals surface area (Å²) in [6, 6.07) is 12.4. The Balaban J connectivity index is 1.70. The topological polar surface area (TPSA) is 113 Å². The molecule has 5 atom stereocenters. The molecule has 0 bridgehead atoms. The molecular formula is C18H19NO6S2. The van der Waals surface area contributed by atoms with Gasteiger partial charge in [0.05, 0.1) is 15.6 Å². The summed E-state index contributed by atoms with van der Waals surface area (Å²) in [5, 5.41) is 41.0. The number of hydrogen-bond acceptors (Lipinski definition) is 8. The van der Waals surface area contributed by atoms with Crippen LogP contribution in [0.15, 0.2) is 48.5 Å². The van der Waals surface area contributed by atoms with Crippen molar-refractivity contribution in [3.63, 3.8) is 0 Å². The molecule has 144 valence electrons. The van der Waals surface area contributed by atoms with Crippen LogP contribution in [0.1, 0.15) is 17.2 Å². The summed E-state index contributed by atoms with van der Waals surface area (Å²) < 4.78 is 5.50. The molecule has 9 heteroatoms. The number of hydrogen-bond donors (Lipinski definition) is 4. The Morgan fingerprint density at radius 1 is 1.11 bits per heavy atom. The Morgan fingerprint density at radius 3 is 2.22 bits per heavy atom. The van der Waals surface area contributed by atoms with E-state index in [1.54, 1.807) is 24.3 Å². The van der Waals surface area contributed by atoms with Crippen LogP contribution in [0.2, 0.25) is 0 Å². The third kappa shape index (κ3) is 4.56. The van der Waals surface area contributed by atoms with Gasteiger partial charge in [-0.05, 0) is 35.4 Å². The van der Waals surface area contributed by atoms with Crippen molar-refractivity contribution in [3.05, 3.63) is 69.8 Å². The number of nitrogens with zero attached hydrogens (tertiary/aromatic N) is 1. The van der Waals surface area contributed by atoms with Gasteiger partial charge in [0.25, 0.3) is 5.69 Å². The number of nitro benzene ring substituents is 1. The van der Waals surface area contributed by atoms with Crippen molar-refractivity contribution in [1.29, 1.82) is 0 Å². The van der Waals surface area contributed by atoms with E-state index in [0.29, 0.717) is 22.6 Å². The van der Waals surface area contributed by atoms with Crippen molar-refractivity contribution in [2.45, 2.75) is 29.0 Å². The molecule has 1 unspecified atom stereocenters. The summed E-state index contributed by atoms with van der Waals surface area (Å²) in [4.78, 5) is 10.2. The van der Waals surface area contributed by atoms with Crippen LogP contribution in [-0.2, 0) is 0 Å². The summed E-state index contributed by atoms with van der Waals surface area (Å²) in [5.41, 5.74) is 1.09. The first-order valence-electron chi connectivity index (χ1n) is 8.21. The van der Waals surface area contributed by atoms with Crippen LogP contribution in [0.5, 0.6) is 5.75 Å². The van der Waals surface area contributed by atoms with Gasteiger partial charge in [-0.25, -0.2) is 0 Å². The predicted molar refractivity (Wildman–Crippen MR) is 105 cm³/mol. The molecule has 3 rings (SSSR count). The summed E-state index contributed by atoms with van der Waals surface area (Å²) in [6.07, 6.45) is -3.49. The lowest BCUT2D eigenvalue weighted by Crippen LogP contribution is -2.50. The van der Waals surface area contributed by atoms with Gasteiger partial charge in [0.15, 0.2) is 0 Å². The fourth-order valence-electron chi connectivity index (χ4n) is 2.76. The standard InChI is InChI=1S/C18H19NO6S2/c20-14-9-27-18(26)17(16(14)22)25-13-7-3-11(4-8-13)15(21)10-1-5-12(6-2-10)19(23)24/h1-8,14-18,20-22,26H,9H2/t14-,15?,16+,17-,18-/m1/s1. The molecule has 3 N–H and O–H groups in total. The number of ether oxygens (including phenoxy) is 1. The van der Waals surface area contributed by atoms with Crippen LogP contribution >= 0.6 is 24.4 Å². The van der Waals surface area contributed by atoms with E-state index in [1.807, 2.05) is 0 Å². The SMILES string of the molecule is O=[N+]([O-])c1ccc(C(O)c2ccc(O[C@@H]3[C@@H](O)[C@H](O)CS[C@H]3S)cc2)cc1. The van der Waals surface area contributed by atoms with Crippen LogP contribution in [0.3, 0.4) is 0 Å². The molecule has 1 aliphatic heterocycles. The van der Waals surface area contributed by atoms with Gasteiger partial charge in [-0.15, -0.1) is 11.8 Å². The monoisotopic (exact) mass is 409 g/mol. The minimum Gasteiger partial charge on any atom is -0.486 e. The van der Waals surface area contributed by atoms with Gasteiger partial charge in [0.1, 0.15) is 24.1 Å². The van der Waals surface area contributed by atoms with Crippen molar-refractivity contribution in [2.75, 3.05) is 5.75 Å². The minimum absolute atomic E-state index is 0.0397. The lowest BCUT2D eigenvalue weighted by atomic mass is 10.0. The first kappa shape index (κ1) is 20.0. The number of rotatable bonds is 5. The highest BCUT2D eigenvalue weighted by atomic mass is 32.2. The van der Waals surface area contributed by atoms with Crippen LogP contribution in [0.4, 0.5) is 5.69 Å². The van der Waals surface area contributed by atoms with E-state index in [4.69, 9.17) is 4.74 Å². The molecule has 0 saturated carbocycles. The molecular weight excluding hydrogens is 390 g/mol. The summed E-state index contributed by atoms with van der Waals surface area (Å²) in [5.74, 6) is 0.877. The Morgan fingerprint density at radius 2 is 1.67 bits per heavy atom. The fourth-order valence-corrected chi connectivity index (χ4v) is 4.26. The molecule has 0 aromatic heterocycles. The van der Waals surface area contributed by atoms with Gasteiger partial charge in [-0.2, -0.15) is 12.6 Å². The number of thiol groups is 1. The van der Waals surface area contributed by atoms with Crippen molar-refractivity contribution in [1.82, 2.24) is 0 Å². The van der Waals surface area contributed by atoms with Crippen molar-refractivity contribution >= 4 is 30.1 Å². The second-order valence-corrected chi connectivity index (χ2v) is 8.26. The molecule has 1 aliphatic rings. The zero-order valence-corrected chi connectivity index (χ0v) is 15.8. The Kier molecular flexibility index (Phi) is 6.28. The molecule has 27 heavy (non-hydrogen) atoms. The molecule has 0 radical (unpaired) electrons. The van der Waals surface area contributed by atoms with Gasteiger partial charge in [0, 0.05) is 17.9 Å². The van der Waals surface area contributed by atoms with Gasteiger partial charge < -0.3 is 20.1 Å². The van der Waals surface area contributed by atoms with Gasteiger partial charge >= 0.3 is 0 Å². The summed E-state index contributed by atoms with van der Waals surface area (Å²) >= 11 is 5.80. The van der Waals surface area contributed by atoms with Crippen molar-refractivity contribution < 1.29 is 25.0 Å². The van der Waals surface area contributed by atoms with Crippen LogP contribution in [-0.4, -0.2) is 48.9 Å². The van der Waals surface area contributed by atoms with E-state index in [-0.39, 0.29) is 10.3 Å². The first-order valence-corrected chi connectivity index (χ1v) is 9.78. The number of nitro groups is 1. The molecule has 2 aromatic carbocycles. The lowest BCUT2D eigenvalue weighted by molar-refractivity contribution is -0.384. The Labute approximate surface area is 165 Å². The highest BCUT2D eigenvalue weighted by molar-refractivity contribution is 8.10. The van der Waals surface area contributed by atoms with Gasteiger partial charge in [0.2, 0.25) is 0 Å². The predicted octanol–water partition coefficient (Wildman–Crippen LogP) is 2.15. The number of benzene rings is 2. The quantitative estimate of drug-likeness (QED) is 0.340. The maximum absolute atomic E-state index is 10.7. The van der Waals surface area contributed by atoms with E-state index in [2.05, 4.69) is 12.6 Å². The Bertz CT molecular complexity index is 785.